The SMILES string of the molecule is CN(CCO)C(=O)c1ccc2ccccc2c1O. The Balaban J connectivity index is 2.46. The lowest BCUT2D eigenvalue weighted by Crippen LogP contribution is -2.29. The smallest absolute Gasteiger partial charge is 0.257 e. The second kappa shape index (κ2) is 5.06. The molecule has 2 aromatic rings. The molecular formula is C14H15NO3. The minimum absolute atomic E-state index is 0.0112. The van der Waals surface area contributed by atoms with Crippen LogP contribution in [0.4, 0.5) is 0 Å². The summed E-state index contributed by atoms with van der Waals surface area (Å²) in [5.41, 5.74) is 0.254. The van der Waals surface area contributed by atoms with E-state index in [1.165, 1.54) is 4.90 Å². The number of aliphatic hydroxyl groups excluding tert-OH is 1. The molecule has 0 unspecified atom stereocenters. The Morgan fingerprint density at radius 3 is 2.67 bits per heavy atom. The van der Waals surface area contributed by atoms with Crippen LogP contribution in [0.5, 0.6) is 5.75 Å². The monoisotopic (exact) mass is 245 g/mol. The summed E-state index contributed by atoms with van der Waals surface area (Å²) in [6.07, 6.45) is 0. The molecule has 0 saturated heterocycles. The van der Waals surface area contributed by atoms with Crippen LogP contribution in [0.1, 0.15) is 10.4 Å². The molecule has 18 heavy (non-hydrogen) atoms. The van der Waals surface area contributed by atoms with Gasteiger partial charge in [-0.05, 0) is 11.5 Å². The molecule has 4 heteroatoms. The van der Waals surface area contributed by atoms with Crippen LogP contribution in [0.15, 0.2) is 36.4 Å². The van der Waals surface area contributed by atoms with Crippen LogP contribution in [0.2, 0.25) is 0 Å². The van der Waals surface area contributed by atoms with E-state index in [0.29, 0.717) is 5.39 Å². The predicted molar refractivity (Wildman–Crippen MR) is 69.7 cm³/mol. The Morgan fingerprint density at radius 2 is 1.94 bits per heavy atom. The topological polar surface area (TPSA) is 60.8 Å². The van der Waals surface area contributed by atoms with Gasteiger partial charge in [-0.15, -0.1) is 0 Å². The molecule has 2 aromatic carbocycles. The van der Waals surface area contributed by atoms with Crippen molar-refractivity contribution in [1.82, 2.24) is 4.90 Å². The van der Waals surface area contributed by atoms with Gasteiger partial charge in [0.1, 0.15) is 5.75 Å². The molecule has 0 spiro atoms. The van der Waals surface area contributed by atoms with Gasteiger partial charge < -0.3 is 15.1 Å². The van der Waals surface area contributed by atoms with Crippen molar-refractivity contribution in [2.24, 2.45) is 0 Å². The van der Waals surface area contributed by atoms with Gasteiger partial charge in [-0.25, -0.2) is 0 Å². The average molecular weight is 245 g/mol. The van der Waals surface area contributed by atoms with E-state index in [0.717, 1.165) is 5.39 Å². The fraction of sp³-hybridized carbons (Fsp3) is 0.214. The number of aliphatic hydroxyl groups is 1. The summed E-state index contributed by atoms with van der Waals surface area (Å²) in [6.45, 7) is 0.141. The fourth-order valence-electron chi connectivity index (χ4n) is 1.88. The maximum absolute atomic E-state index is 12.1. The molecular weight excluding hydrogens is 230 g/mol. The number of amides is 1. The van der Waals surface area contributed by atoms with Gasteiger partial charge in [0.2, 0.25) is 0 Å². The molecule has 0 fully saturated rings. The molecule has 2 rings (SSSR count). The van der Waals surface area contributed by atoms with Gasteiger partial charge in [0.05, 0.1) is 12.2 Å². The highest BCUT2D eigenvalue weighted by atomic mass is 16.3. The van der Waals surface area contributed by atoms with Gasteiger partial charge in [-0.1, -0.05) is 30.3 Å². The number of rotatable bonds is 3. The molecule has 4 nitrogen and oxygen atoms in total. The normalized spacial score (nSPS) is 10.6. The number of carbonyl (C=O) groups excluding carboxylic acids is 1. The second-order valence-electron chi connectivity index (χ2n) is 4.13. The highest BCUT2D eigenvalue weighted by molar-refractivity contribution is 6.03. The standard InChI is InChI=1S/C14H15NO3/c1-15(8-9-16)14(18)12-7-6-10-4-2-3-5-11(10)13(12)17/h2-7,16-17H,8-9H2,1H3. The molecule has 94 valence electrons. The molecule has 0 heterocycles. The van der Waals surface area contributed by atoms with Crippen molar-refractivity contribution in [2.75, 3.05) is 20.2 Å². The first-order valence-electron chi connectivity index (χ1n) is 5.72. The fourth-order valence-corrected chi connectivity index (χ4v) is 1.88. The van der Waals surface area contributed by atoms with Crippen LogP contribution in [0.25, 0.3) is 10.8 Å². The molecule has 2 N–H and O–H groups in total. The molecule has 0 atom stereocenters. The summed E-state index contributed by atoms with van der Waals surface area (Å²) in [5, 5.41) is 20.5. The molecule has 0 aliphatic carbocycles. The Labute approximate surface area is 105 Å². The Hall–Kier alpha value is -2.07. The van der Waals surface area contributed by atoms with Crippen LogP contribution >= 0.6 is 0 Å². The van der Waals surface area contributed by atoms with Crippen LogP contribution in [-0.2, 0) is 0 Å². The van der Waals surface area contributed by atoms with Gasteiger partial charge >= 0.3 is 0 Å². The number of phenols is 1. The third-order valence-electron chi connectivity index (χ3n) is 2.91. The Kier molecular flexibility index (Phi) is 3.48. The first kappa shape index (κ1) is 12.4. The van der Waals surface area contributed by atoms with E-state index in [2.05, 4.69) is 0 Å². The first-order chi connectivity index (χ1) is 8.65. The summed E-state index contributed by atoms with van der Waals surface area (Å²) >= 11 is 0. The van der Waals surface area contributed by atoms with Gasteiger partial charge in [-0.2, -0.15) is 0 Å². The zero-order valence-electron chi connectivity index (χ0n) is 10.1. The molecule has 1 amide bonds. The summed E-state index contributed by atoms with van der Waals surface area (Å²) in [5.74, 6) is -0.310. The lowest BCUT2D eigenvalue weighted by atomic mass is 10.0. The van der Waals surface area contributed by atoms with E-state index in [-0.39, 0.29) is 30.4 Å². The van der Waals surface area contributed by atoms with E-state index in [1.807, 2.05) is 18.2 Å². The summed E-state index contributed by atoms with van der Waals surface area (Å²) in [4.78, 5) is 13.4. The zero-order chi connectivity index (χ0) is 13.1. The minimum Gasteiger partial charge on any atom is -0.506 e. The first-order valence-corrected chi connectivity index (χ1v) is 5.72. The number of fused-ring (bicyclic) bond motifs is 1. The second-order valence-corrected chi connectivity index (χ2v) is 4.13. The van der Waals surface area contributed by atoms with E-state index < -0.39 is 0 Å². The summed E-state index contributed by atoms with van der Waals surface area (Å²) in [6, 6.07) is 10.7. The maximum atomic E-state index is 12.1. The molecule has 0 radical (unpaired) electrons. The third-order valence-corrected chi connectivity index (χ3v) is 2.91. The number of nitrogens with zero attached hydrogens (tertiary/aromatic N) is 1. The Bertz CT molecular complexity index is 580. The van der Waals surface area contributed by atoms with Crippen molar-refractivity contribution in [3.63, 3.8) is 0 Å². The van der Waals surface area contributed by atoms with Crippen molar-refractivity contribution >= 4 is 16.7 Å². The van der Waals surface area contributed by atoms with Gasteiger partial charge in [0.15, 0.2) is 0 Å². The van der Waals surface area contributed by atoms with Crippen molar-refractivity contribution < 1.29 is 15.0 Å². The van der Waals surface area contributed by atoms with Crippen LogP contribution < -0.4 is 0 Å². The molecule has 0 aromatic heterocycles. The van der Waals surface area contributed by atoms with Crippen molar-refractivity contribution in [3.8, 4) is 5.75 Å². The number of carbonyl (C=O) groups is 1. The number of benzene rings is 2. The van der Waals surface area contributed by atoms with Crippen LogP contribution in [0, 0.1) is 0 Å². The van der Waals surface area contributed by atoms with E-state index >= 15 is 0 Å². The quantitative estimate of drug-likeness (QED) is 0.863. The van der Waals surface area contributed by atoms with E-state index in [1.54, 1.807) is 25.2 Å². The zero-order valence-corrected chi connectivity index (χ0v) is 10.1. The predicted octanol–water partition coefficient (Wildman–Crippen LogP) is 1.61. The van der Waals surface area contributed by atoms with Crippen molar-refractivity contribution in [3.05, 3.63) is 42.0 Å². The molecule has 0 bridgehead atoms. The number of aromatic hydroxyl groups is 1. The largest absolute Gasteiger partial charge is 0.506 e. The van der Waals surface area contributed by atoms with E-state index in [9.17, 15) is 9.90 Å². The average Bonchev–Trinajstić information content (AvgIpc) is 2.39. The summed E-state index contributed by atoms with van der Waals surface area (Å²) in [7, 11) is 1.59. The lowest BCUT2D eigenvalue weighted by molar-refractivity contribution is 0.0764. The van der Waals surface area contributed by atoms with Crippen molar-refractivity contribution in [1.29, 1.82) is 0 Å². The third kappa shape index (κ3) is 2.15. The number of phenolic OH excluding ortho intramolecular Hbond substituents is 1. The van der Waals surface area contributed by atoms with Crippen LogP contribution in [-0.4, -0.2) is 41.2 Å². The van der Waals surface area contributed by atoms with Crippen LogP contribution in [0.3, 0.4) is 0 Å². The highest BCUT2D eigenvalue weighted by Gasteiger charge is 2.16. The maximum Gasteiger partial charge on any atom is 0.257 e. The summed E-state index contributed by atoms with van der Waals surface area (Å²) < 4.78 is 0. The minimum atomic E-state index is -0.299. The molecule has 0 saturated carbocycles. The molecule has 0 aliphatic rings. The van der Waals surface area contributed by atoms with E-state index in [4.69, 9.17) is 5.11 Å². The van der Waals surface area contributed by atoms with Gasteiger partial charge in [0.25, 0.3) is 5.91 Å². The van der Waals surface area contributed by atoms with Crippen molar-refractivity contribution in [2.45, 2.75) is 0 Å². The highest BCUT2D eigenvalue weighted by Crippen LogP contribution is 2.29. The van der Waals surface area contributed by atoms with Gasteiger partial charge in [0, 0.05) is 19.0 Å². The van der Waals surface area contributed by atoms with Gasteiger partial charge in [-0.3, -0.25) is 4.79 Å². The lowest BCUT2D eigenvalue weighted by Gasteiger charge is -2.17. The number of likely N-dealkylation sites (N-methyl/N-ethyl adjacent to an activating group) is 1. The number of hydrogen-bond acceptors (Lipinski definition) is 3. The number of hydrogen-bond donors (Lipinski definition) is 2. The Morgan fingerprint density at radius 1 is 1.22 bits per heavy atom. The molecule has 0 aliphatic heterocycles.